The number of carbonyl (C=O) groups is 1. The molecule has 0 aromatic heterocycles. The summed E-state index contributed by atoms with van der Waals surface area (Å²) >= 11 is 3.39. The zero-order valence-corrected chi connectivity index (χ0v) is 11.8. The molecule has 0 unspecified atom stereocenters. The summed E-state index contributed by atoms with van der Waals surface area (Å²) in [7, 11) is 0. The van der Waals surface area contributed by atoms with Crippen LogP contribution in [0.3, 0.4) is 0 Å². The number of carboxylic acid groups (broad SMARTS) is 1. The SMILES string of the molecule is O=C(O)c1ccc(COCC2CCCC2)c(Br)c1. The van der Waals surface area contributed by atoms with E-state index in [1.165, 1.54) is 25.7 Å². The summed E-state index contributed by atoms with van der Waals surface area (Å²) in [4.78, 5) is 10.8. The van der Waals surface area contributed by atoms with Gasteiger partial charge in [0.05, 0.1) is 12.2 Å². The summed E-state index contributed by atoms with van der Waals surface area (Å²) in [5, 5.41) is 8.87. The van der Waals surface area contributed by atoms with Crippen LogP contribution in [0, 0.1) is 5.92 Å². The third-order valence-corrected chi connectivity index (χ3v) is 4.12. The second-order valence-electron chi connectivity index (χ2n) is 4.78. The van der Waals surface area contributed by atoms with Crippen LogP contribution in [0.1, 0.15) is 41.6 Å². The molecule has 3 nitrogen and oxygen atoms in total. The minimum absolute atomic E-state index is 0.293. The predicted molar refractivity (Wildman–Crippen MR) is 72.7 cm³/mol. The van der Waals surface area contributed by atoms with Gasteiger partial charge in [0.1, 0.15) is 0 Å². The van der Waals surface area contributed by atoms with Gasteiger partial charge in [-0.25, -0.2) is 4.79 Å². The van der Waals surface area contributed by atoms with E-state index in [-0.39, 0.29) is 0 Å². The van der Waals surface area contributed by atoms with Crippen LogP contribution in [0.25, 0.3) is 0 Å². The standard InChI is InChI=1S/C14H17BrO3/c15-13-7-11(14(16)17)5-6-12(13)9-18-8-10-3-1-2-4-10/h5-7,10H,1-4,8-9H2,(H,16,17). The number of aromatic carboxylic acids is 1. The lowest BCUT2D eigenvalue weighted by molar-refractivity contribution is 0.0696. The first-order valence-corrected chi connectivity index (χ1v) is 7.05. The van der Waals surface area contributed by atoms with E-state index in [0.717, 1.165) is 16.6 Å². The smallest absolute Gasteiger partial charge is 0.335 e. The van der Waals surface area contributed by atoms with Crippen LogP contribution in [0.5, 0.6) is 0 Å². The topological polar surface area (TPSA) is 46.5 Å². The van der Waals surface area contributed by atoms with Crippen LogP contribution in [0.4, 0.5) is 0 Å². The molecule has 0 amide bonds. The summed E-state index contributed by atoms with van der Waals surface area (Å²) in [5.74, 6) is -0.198. The van der Waals surface area contributed by atoms with E-state index in [2.05, 4.69) is 15.9 Å². The average Bonchev–Trinajstić information content (AvgIpc) is 2.84. The number of carboxylic acids is 1. The maximum atomic E-state index is 10.8. The fourth-order valence-corrected chi connectivity index (χ4v) is 2.80. The van der Waals surface area contributed by atoms with Crippen LogP contribution in [0.2, 0.25) is 0 Å². The van der Waals surface area contributed by atoms with E-state index < -0.39 is 5.97 Å². The summed E-state index contributed by atoms with van der Waals surface area (Å²) in [6, 6.07) is 5.04. The van der Waals surface area contributed by atoms with Gasteiger partial charge in [0, 0.05) is 11.1 Å². The maximum Gasteiger partial charge on any atom is 0.335 e. The fraction of sp³-hybridized carbons (Fsp3) is 0.500. The first kappa shape index (κ1) is 13.6. The van der Waals surface area contributed by atoms with Gasteiger partial charge in [-0.05, 0) is 36.5 Å². The van der Waals surface area contributed by atoms with E-state index in [0.29, 0.717) is 18.1 Å². The van der Waals surface area contributed by atoms with Crippen LogP contribution in [-0.4, -0.2) is 17.7 Å². The molecule has 18 heavy (non-hydrogen) atoms. The van der Waals surface area contributed by atoms with Crippen LogP contribution in [-0.2, 0) is 11.3 Å². The quantitative estimate of drug-likeness (QED) is 0.898. The molecule has 0 radical (unpaired) electrons. The molecule has 0 bridgehead atoms. The van der Waals surface area contributed by atoms with Crippen LogP contribution in [0.15, 0.2) is 22.7 Å². The molecule has 2 rings (SSSR count). The number of hydrogen-bond donors (Lipinski definition) is 1. The van der Waals surface area contributed by atoms with Gasteiger partial charge < -0.3 is 9.84 Å². The molecule has 1 N–H and O–H groups in total. The Morgan fingerprint density at radius 1 is 1.39 bits per heavy atom. The first-order chi connectivity index (χ1) is 8.66. The highest BCUT2D eigenvalue weighted by Crippen LogP contribution is 2.26. The van der Waals surface area contributed by atoms with Crippen LogP contribution >= 0.6 is 15.9 Å². The van der Waals surface area contributed by atoms with Gasteiger partial charge in [-0.3, -0.25) is 0 Å². The van der Waals surface area contributed by atoms with E-state index >= 15 is 0 Å². The van der Waals surface area contributed by atoms with Crippen molar-refractivity contribution in [3.8, 4) is 0 Å². The number of ether oxygens (including phenoxy) is 1. The van der Waals surface area contributed by atoms with E-state index in [1.54, 1.807) is 12.1 Å². The molecule has 1 aliphatic carbocycles. The Kier molecular flexibility index (Phi) is 4.78. The van der Waals surface area contributed by atoms with Gasteiger partial charge in [0.25, 0.3) is 0 Å². The molecule has 1 aromatic carbocycles. The van der Waals surface area contributed by atoms with Crippen molar-refractivity contribution in [2.45, 2.75) is 32.3 Å². The largest absolute Gasteiger partial charge is 0.478 e. The Morgan fingerprint density at radius 2 is 2.11 bits per heavy atom. The summed E-state index contributed by atoms with van der Waals surface area (Å²) in [6.07, 6.45) is 5.20. The fourth-order valence-electron chi connectivity index (χ4n) is 2.31. The zero-order valence-electron chi connectivity index (χ0n) is 10.2. The lowest BCUT2D eigenvalue weighted by atomic mass is 10.1. The Hall–Kier alpha value is -0.870. The van der Waals surface area contributed by atoms with Gasteiger partial charge in [-0.15, -0.1) is 0 Å². The second kappa shape index (κ2) is 6.34. The van der Waals surface area contributed by atoms with Crippen molar-refractivity contribution in [2.24, 2.45) is 5.92 Å². The molecule has 1 fully saturated rings. The summed E-state index contributed by atoms with van der Waals surface area (Å²) in [6.45, 7) is 1.35. The van der Waals surface area contributed by atoms with Crippen molar-refractivity contribution in [3.63, 3.8) is 0 Å². The van der Waals surface area contributed by atoms with Crippen molar-refractivity contribution < 1.29 is 14.6 Å². The number of hydrogen-bond acceptors (Lipinski definition) is 2. The average molecular weight is 313 g/mol. The van der Waals surface area contributed by atoms with Crippen molar-refractivity contribution in [1.29, 1.82) is 0 Å². The summed E-state index contributed by atoms with van der Waals surface area (Å²) in [5.41, 5.74) is 1.29. The van der Waals surface area contributed by atoms with Gasteiger partial charge in [-0.2, -0.15) is 0 Å². The maximum absolute atomic E-state index is 10.8. The third kappa shape index (κ3) is 3.56. The molecule has 0 spiro atoms. The molecule has 4 heteroatoms. The number of benzene rings is 1. The van der Waals surface area contributed by atoms with Crippen molar-refractivity contribution in [2.75, 3.05) is 6.61 Å². The zero-order chi connectivity index (χ0) is 13.0. The molecule has 1 saturated carbocycles. The molecule has 1 aliphatic rings. The third-order valence-electron chi connectivity index (χ3n) is 3.39. The Morgan fingerprint density at radius 3 is 2.72 bits per heavy atom. The van der Waals surface area contributed by atoms with Crippen LogP contribution < -0.4 is 0 Å². The van der Waals surface area contributed by atoms with E-state index in [4.69, 9.17) is 9.84 Å². The molecular weight excluding hydrogens is 296 g/mol. The van der Waals surface area contributed by atoms with Gasteiger partial charge in [0.15, 0.2) is 0 Å². The number of rotatable bonds is 5. The highest BCUT2D eigenvalue weighted by molar-refractivity contribution is 9.10. The highest BCUT2D eigenvalue weighted by atomic mass is 79.9. The van der Waals surface area contributed by atoms with E-state index in [9.17, 15) is 4.79 Å². The highest BCUT2D eigenvalue weighted by Gasteiger charge is 2.15. The van der Waals surface area contributed by atoms with Crippen molar-refractivity contribution in [3.05, 3.63) is 33.8 Å². The van der Waals surface area contributed by atoms with E-state index in [1.807, 2.05) is 6.07 Å². The second-order valence-corrected chi connectivity index (χ2v) is 5.63. The Balaban J connectivity index is 1.87. The van der Waals surface area contributed by atoms with Gasteiger partial charge in [-0.1, -0.05) is 34.8 Å². The minimum atomic E-state index is -0.908. The predicted octanol–water partition coefficient (Wildman–Crippen LogP) is 3.85. The molecule has 0 heterocycles. The van der Waals surface area contributed by atoms with Gasteiger partial charge in [0.2, 0.25) is 0 Å². The molecule has 98 valence electrons. The molecule has 0 saturated heterocycles. The molecular formula is C14H17BrO3. The first-order valence-electron chi connectivity index (χ1n) is 6.26. The lowest BCUT2D eigenvalue weighted by Gasteiger charge is -2.11. The monoisotopic (exact) mass is 312 g/mol. The van der Waals surface area contributed by atoms with Crippen molar-refractivity contribution >= 4 is 21.9 Å². The molecule has 1 aromatic rings. The Bertz CT molecular complexity index is 425. The minimum Gasteiger partial charge on any atom is -0.478 e. The molecule has 0 aliphatic heterocycles. The van der Waals surface area contributed by atoms with Gasteiger partial charge >= 0.3 is 5.97 Å². The van der Waals surface area contributed by atoms with Crippen molar-refractivity contribution in [1.82, 2.24) is 0 Å². The normalized spacial score (nSPS) is 16.1. The summed E-state index contributed by atoms with van der Waals surface area (Å²) < 4.78 is 6.51. The molecule has 0 atom stereocenters. The Labute approximate surface area is 115 Å². The lowest BCUT2D eigenvalue weighted by Crippen LogP contribution is -2.06. The number of halogens is 1.